The Labute approximate surface area is 173 Å². The van der Waals surface area contributed by atoms with Crippen LogP contribution in [0.4, 0.5) is 0 Å². The summed E-state index contributed by atoms with van der Waals surface area (Å²) in [6, 6.07) is 13.2. The van der Waals surface area contributed by atoms with E-state index in [4.69, 9.17) is 4.74 Å². The highest BCUT2D eigenvalue weighted by Gasteiger charge is 2.29. The maximum absolute atomic E-state index is 13.5. The van der Waals surface area contributed by atoms with Gasteiger partial charge in [0.15, 0.2) is 6.10 Å². The van der Waals surface area contributed by atoms with Gasteiger partial charge in [0, 0.05) is 11.1 Å². The monoisotopic (exact) mass is 401 g/mol. The molecular formula is C24H23N3O3. The predicted octanol–water partition coefficient (Wildman–Crippen LogP) is 4.67. The summed E-state index contributed by atoms with van der Waals surface area (Å²) in [5, 5.41) is 1.13. The molecule has 5 rings (SSSR count). The zero-order chi connectivity index (χ0) is 20.7. The first-order chi connectivity index (χ1) is 14.7. The number of esters is 1. The van der Waals surface area contributed by atoms with E-state index >= 15 is 0 Å². The highest BCUT2D eigenvalue weighted by molar-refractivity contribution is 6.00. The third-order valence-electron chi connectivity index (χ3n) is 5.95. The number of nitrogens with one attached hydrogen (secondary N) is 1. The van der Waals surface area contributed by atoms with Gasteiger partial charge in [-0.1, -0.05) is 25.1 Å². The van der Waals surface area contributed by atoms with Crippen molar-refractivity contribution < 1.29 is 14.3 Å². The molecule has 0 saturated heterocycles. The first-order valence-corrected chi connectivity index (χ1v) is 10.5. The van der Waals surface area contributed by atoms with Crippen LogP contribution in [-0.2, 0) is 17.6 Å². The summed E-state index contributed by atoms with van der Waals surface area (Å²) >= 11 is 0. The molecule has 0 saturated carbocycles. The van der Waals surface area contributed by atoms with E-state index in [-0.39, 0.29) is 5.91 Å². The van der Waals surface area contributed by atoms with Gasteiger partial charge >= 0.3 is 5.97 Å². The molecule has 0 spiro atoms. The normalized spacial score (nSPS) is 14.6. The number of rotatable bonds is 4. The van der Waals surface area contributed by atoms with Crippen LogP contribution >= 0.6 is 0 Å². The number of ether oxygens (including phenoxy) is 1. The number of imidazole rings is 1. The van der Waals surface area contributed by atoms with Crippen LogP contribution in [-0.4, -0.2) is 32.5 Å². The molecule has 4 aromatic rings. The molecule has 6 nitrogen and oxygen atoms in total. The smallest absolute Gasteiger partial charge is 0.338 e. The van der Waals surface area contributed by atoms with E-state index in [2.05, 4.69) is 16.0 Å². The Morgan fingerprint density at radius 1 is 1.17 bits per heavy atom. The molecule has 1 unspecified atom stereocenters. The molecule has 0 fully saturated rings. The van der Waals surface area contributed by atoms with Gasteiger partial charge in [-0.3, -0.25) is 9.36 Å². The number of hydrogen-bond acceptors (Lipinski definition) is 4. The van der Waals surface area contributed by atoms with E-state index < -0.39 is 12.1 Å². The quantitative estimate of drug-likeness (QED) is 0.504. The maximum atomic E-state index is 13.5. The van der Waals surface area contributed by atoms with Crippen molar-refractivity contribution in [2.45, 2.75) is 45.1 Å². The fourth-order valence-electron chi connectivity index (χ4n) is 4.46. The van der Waals surface area contributed by atoms with Crippen molar-refractivity contribution in [3.8, 4) is 0 Å². The summed E-state index contributed by atoms with van der Waals surface area (Å²) in [6.07, 6.45) is 5.22. The molecule has 6 heteroatoms. The summed E-state index contributed by atoms with van der Waals surface area (Å²) in [4.78, 5) is 33.5. The molecule has 1 aliphatic carbocycles. The van der Waals surface area contributed by atoms with Gasteiger partial charge in [0.05, 0.1) is 28.4 Å². The van der Waals surface area contributed by atoms with Gasteiger partial charge in [-0.25, -0.2) is 9.78 Å². The fraction of sp³-hybridized carbons (Fsp3) is 0.292. The number of para-hydroxylation sites is 1. The van der Waals surface area contributed by atoms with Crippen LogP contribution in [0, 0.1) is 0 Å². The molecule has 0 bridgehead atoms. The predicted molar refractivity (Wildman–Crippen MR) is 115 cm³/mol. The second-order valence-corrected chi connectivity index (χ2v) is 7.76. The van der Waals surface area contributed by atoms with Gasteiger partial charge < -0.3 is 9.72 Å². The number of nitrogens with zero attached hydrogens (tertiary/aromatic N) is 2. The van der Waals surface area contributed by atoms with E-state index in [0.29, 0.717) is 12.0 Å². The van der Waals surface area contributed by atoms with Crippen LogP contribution < -0.4 is 0 Å². The highest BCUT2D eigenvalue weighted by atomic mass is 16.5. The van der Waals surface area contributed by atoms with Crippen LogP contribution in [0.1, 0.15) is 52.6 Å². The molecule has 1 aliphatic rings. The third-order valence-corrected chi connectivity index (χ3v) is 5.95. The van der Waals surface area contributed by atoms with E-state index in [1.807, 2.05) is 25.1 Å². The Balaban J connectivity index is 1.48. The fourth-order valence-corrected chi connectivity index (χ4v) is 4.46. The minimum Gasteiger partial charge on any atom is -0.449 e. The summed E-state index contributed by atoms with van der Waals surface area (Å²) in [5.41, 5.74) is 5.17. The lowest BCUT2D eigenvalue weighted by atomic mass is 9.95. The Kier molecular flexibility index (Phi) is 4.62. The molecule has 2 aromatic carbocycles. The number of hydrogen-bond donors (Lipinski definition) is 1. The zero-order valence-electron chi connectivity index (χ0n) is 16.9. The van der Waals surface area contributed by atoms with Crippen LogP contribution in [0.25, 0.3) is 21.9 Å². The number of benzene rings is 2. The van der Waals surface area contributed by atoms with Crippen LogP contribution in [0.2, 0.25) is 0 Å². The average Bonchev–Trinajstić information content (AvgIpc) is 3.38. The van der Waals surface area contributed by atoms with Crippen molar-refractivity contribution in [2.24, 2.45) is 0 Å². The van der Waals surface area contributed by atoms with Crippen molar-refractivity contribution in [1.29, 1.82) is 0 Å². The largest absolute Gasteiger partial charge is 0.449 e. The van der Waals surface area contributed by atoms with Gasteiger partial charge in [0.1, 0.15) is 0 Å². The standard InChI is InChI=1S/C24H23N3O3/c1-2-22(30-24(29)15-11-12-18-19(13-15)26-14-25-18)23(28)27-20-9-5-3-7-16(20)17-8-4-6-10-21(17)27/h3,5,7,9,11-14,22H,2,4,6,8,10H2,1H3,(H,25,26). The minimum absolute atomic E-state index is 0.173. The molecule has 0 aliphatic heterocycles. The first kappa shape index (κ1) is 18.6. The maximum Gasteiger partial charge on any atom is 0.338 e. The molecule has 30 heavy (non-hydrogen) atoms. The number of carbonyl (C=O) groups excluding carboxylic acids is 2. The zero-order valence-corrected chi connectivity index (χ0v) is 16.9. The molecule has 2 aromatic heterocycles. The number of aromatic amines is 1. The lowest BCUT2D eigenvalue weighted by Crippen LogP contribution is -2.32. The average molecular weight is 401 g/mol. The second kappa shape index (κ2) is 7.44. The van der Waals surface area contributed by atoms with Crippen molar-refractivity contribution in [3.05, 3.63) is 65.6 Å². The number of aryl methyl sites for hydroxylation is 1. The Bertz CT molecular complexity index is 1270. The summed E-state index contributed by atoms with van der Waals surface area (Å²) < 4.78 is 7.49. The molecule has 1 N–H and O–H groups in total. The lowest BCUT2D eigenvalue weighted by molar-refractivity contribution is 0.0241. The topological polar surface area (TPSA) is 77.0 Å². The molecule has 0 radical (unpaired) electrons. The van der Waals surface area contributed by atoms with Crippen molar-refractivity contribution in [1.82, 2.24) is 14.5 Å². The van der Waals surface area contributed by atoms with E-state index in [1.165, 1.54) is 5.56 Å². The second-order valence-electron chi connectivity index (χ2n) is 7.76. The van der Waals surface area contributed by atoms with Crippen LogP contribution in [0.15, 0.2) is 48.8 Å². The Hall–Kier alpha value is -3.41. The van der Waals surface area contributed by atoms with Gasteiger partial charge in [0.2, 0.25) is 0 Å². The number of carbonyl (C=O) groups is 2. The Morgan fingerprint density at radius 2 is 2.00 bits per heavy atom. The van der Waals surface area contributed by atoms with Gasteiger partial charge in [-0.15, -0.1) is 0 Å². The summed E-state index contributed by atoms with van der Waals surface area (Å²) in [5.74, 6) is -0.676. The van der Waals surface area contributed by atoms with Crippen molar-refractivity contribution in [2.75, 3.05) is 0 Å². The van der Waals surface area contributed by atoms with Crippen molar-refractivity contribution >= 4 is 33.8 Å². The summed E-state index contributed by atoms with van der Waals surface area (Å²) in [7, 11) is 0. The van der Waals surface area contributed by atoms with Crippen LogP contribution in [0.3, 0.4) is 0 Å². The molecule has 0 amide bonds. The van der Waals surface area contributed by atoms with Crippen molar-refractivity contribution in [3.63, 3.8) is 0 Å². The number of fused-ring (bicyclic) bond motifs is 4. The molecular weight excluding hydrogens is 378 g/mol. The molecule has 2 heterocycles. The van der Waals surface area contributed by atoms with Gasteiger partial charge in [-0.2, -0.15) is 0 Å². The van der Waals surface area contributed by atoms with Gasteiger partial charge in [0.25, 0.3) is 5.91 Å². The van der Waals surface area contributed by atoms with E-state index in [1.54, 1.807) is 29.1 Å². The third kappa shape index (κ3) is 3.00. The van der Waals surface area contributed by atoms with E-state index in [9.17, 15) is 9.59 Å². The number of H-pyrrole nitrogens is 1. The van der Waals surface area contributed by atoms with E-state index in [0.717, 1.165) is 53.3 Å². The summed E-state index contributed by atoms with van der Waals surface area (Å²) in [6.45, 7) is 1.87. The Morgan fingerprint density at radius 3 is 2.87 bits per heavy atom. The molecule has 152 valence electrons. The van der Waals surface area contributed by atoms with Gasteiger partial charge in [-0.05, 0) is 61.9 Å². The van der Waals surface area contributed by atoms with Crippen LogP contribution in [0.5, 0.6) is 0 Å². The SMILES string of the molecule is CCC(OC(=O)c1ccc2nc[nH]c2c1)C(=O)n1c2c(c3ccccc31)CCCC2. The minimum atomic E-state index is -0.836. The number of aromatic nitrogens is 3. The highest BCUT2D eigenvalue weighted by Crippen LogP contribution is 2.32. The first-order valence-electron chi connectivity index (χ1n) is 10.5. The molecule has 1 atom stereocenters. The lowest BCUT2D eigenvalue weighted by Gasteiger charge is -2.20.